The molecular weight excluding hydrogens is 360 g/mol. The fraction of sp³-hybridized carbons (Fsp3) is 0.176. The second-order valence-electron chi connectivity index (χ2n) is 5.24. The van der Waals surface area contributed by atoms with Gasteiger partial charge in [-0.2, -0.15) is 0 Å². The number of nitrogens with one attached hydrogen (secondary N) is 1. The number of hydrogen-bond acceptors (Lipinski definition) is 6. The lowest BCUT2D eigenvalue weighted by atomic mass is 10.2. The predicted molar refractivity (Wildman–Crippen MR) is 94.4 cm³/mol. The number of ether oxygens (including phenoxy) is 1. The van der Waals surface area contributed by atoms with Crippen molar-refractivity contribution in [2.75, 3.05) is 5.32 Å². The van der Waals surface area contributed by atoms with E-state index in [2.05, 4.69) is 5.32 Å². The molecule has 0 aliphatic rings. The fourth-order valence-corrected chi connectivity index (χ4v) is 2.50. The summed E-state index contributed by atoms with van der Waals surface area (Å²) in [5, 5.41) is 7.56. The number of amides is 1. The molecule has 0 aliphatic carbocycles. The number of primary sulfonamides is 1. The topological polar surface area (TPSA) is 129 Å². The third-order valence-electron chi connectivity index (χ3n) is 3.30. The number of carbonyl (C=O) groups excluding carboxylic acids is 2. The zero-order chi connectivity index (χ0) is 19.2. The van der Waals surface area contributed by atoms with Crippen molar-refractivity contribution in [3.05, 3.63) is 54.5 Å². The summed E-state index contributed by atoms with van der Waals surface area (Å²) in [6, 6.07) is 8.66. The van der Waals surface area contributed by atoms with Gasteiger partial charge >= 0.3 is 5.97 Å². The highest BCUT2D eigenvalue weighted by atomic mass is 32.2. The molecule has 0 unspecified atom stereocenters. The summed E-state index contributed by atoms with van der Waals surface area (Å²) in [6.07, 6.45) is 3.33. The highest BCUT2D eigenvalue weighted by molar-refractivity contribution is 7.89. The molecule has 138 valence electrons. The standard InChI is InChI=1S/C17H18N2O6S/c1-2-15(25-16(20)10-7-13-4-3-11-24-13)17(21)19-12-5-8-14(9-6-12)26(18,22)23/h3-11,15H,2H2,1H3,(H,19,21)(H2,18,22,23)/b10-7+/t15-/m1/s1. The molecule has 0 spiro atoms. The normalized spacial score (nSPS) is 12.7. The molecule has 1 amide bonds. The number of hydrogen-bond donors (Lipinski definition) is 2. The van der Waals surface area contributed by atoms with Crippen LogP contribution in [0.2, 0.25) is 0 Å². The molecule has 9 heteroatoms. The number of furan rings is 1. The molecule has 0 saturated carbocycles. The molecule has 2 aromatic rings. The van der Waals surface area contributed by atoms with Gasteiger partial charge in [-0.05, 0) is 48.9 Å². The van der Waals surface area contributed by atoms with Gasteiger partial charge in [-0.3, -0.25) is 4.79 Å². The first-order valence-corrected chi connectivity index (χ1v) is 9.20. The van der Waals surface area contributed by atoms with Crippen molar-refractivity contribution in [3.8, 4) is 0 Å². The zero-order valence-corrected chi connectivity index (χ0v) is 14.7. The Balaban J connectivity index is 1.96. The number of carbonyl (C=O) groups is 2. The molecule has 26 heavy (non-hydrogen) atoms. The van der Waals surface area contributed by atoms with Crippen LogP contribution < -0.4 is 10.5 Å². The summed E-state index contributed by atoms with van der Waals surface area (Å²) in [5.41, 5.74) is 0.350. The van der Waals surface area contributed by atoms with Crippen LogP contribution in [0.3, 0.4) is 0 Å². The van der Waals surface area contributed by atoms with Crippen LogP contribution in [0.5, 0.6) is 0 Å². The summed E-state index contributed by atoms with van der Waals surface area (Å²) < 4.78 is 32.6. The summed E-state index contributed by atoms with van der Waals surface area (Å²) in [7, 11) is -3.81. The second-order valence-corrected chi connectivity index (χ2v) is 6.80. The van der Waals surface area contributed by atoms with Gasteiger partial charge in [-0.25, -0.2) is 18.4 Å². The Morgan fingerprint density at radius 2 is 1.96 bits per heavy atom. The van der Waals surface area contributed by atoms with E-state index in [-0.39, 0.29) is 11.3 Å². The maximum Gasteiger partial charge on any atom is 0.331 e. The van der Waals surface area contributed by atoms with E-state index in [1.807, 2.05) is 0 Å². The first-order chi connectivity index (χ1) is 12.3. The van der Waals surface area contributed by atoms with Crippen LogP contribution in [0.15, 0.2) is 58.1 Å². The summed E-state index contributed by atoms with van der Waals surface area (Å²) in [5.74, 6) is -0.738. The van der Waals surface area contributed by atoms with Gasteiger partial charge in [-0.15, -0.1) is 0 Å². The minimum absolute atomic E-state index is 0.0722. The molecular formula is C17H18N2O6S. The Hall–Kier alpha value is -2.91. The first-order valence-electron chi connectivity index (χ1n) is 7.65. The number of benzene rings is 1. The number of sulfonamides is 1. The minimum Gasteiger partial charge on any atom is -0.465 e. The molecule has 1 atom stereocenters. The van der Waals surface area contributed by atoms with E-state index in [1.165, 1.54) is 36.6 Å². The van der Waals surface area contributed by atoms with Gasteiger partial charge in [0.2, 0.25) is 10.0 Å². The van der Waals surface area contributed by atoms with Gasteiger partial charge in [0.05, 0.1) is 11.2 Å². The number of nitrogens with two attached hydrogens (primary N) is 1. The van der Waals surface area contributed by atoms with Crippen LogP contribution in [0.25, 0.3) is 6.08 Å². The lowest BCUT2D eigenvalue weighted by Crippen LogP contribution is -2.31. The Morgan fingerprint density at radius 1 is 1.27 bits per heavy atom. The van der Waals surface area contributed by atoms with Crippen LogP contribution in [0.1, 0.15) is 19.1 Å². The van der Waals surface area contributed by atoms with Crippen LogP contribution in [-0.4, -0.2) is 26.4 Å². The number of rotatable bonds is 7. The Bertz CT molecular complexity index is 886. The van der Waals surface area contributed by atoms with Crippen molar-refractivity contribution in [2.45, 2.75) is 24.3 Å². The Kier molecular flexibility index (Phi) is 6.31. The van der Waals surface area contributed by atoms with E-state index in [0.29, 0.717) is 11.4 Å². The Labute approximate surface area is 150 Å². The van der Waals surface area contributed by atoms with Crippen LogP contribution in [-0.2, 0) is 24.3 Å². The van der Waals surface area contributed by atoms with Crippen LogP contribution >= 0.6 is 0 Å². The molecule has 1 aromatic carbocycles. The van der Waals surface area contributed by atoms with E-state index in [9.17, 15) is 18.0 Å². The zero-order valence-electron chi connectivity index (χ0n) is 13.9. The van der Waals surface area contributed by atoms with Crippen molar-refractivity contribution in [2.24, 2.45) is 5.14 Å². The van der Waals surface area contributed by atoms with Gasteiger partial charge in [-0.1, -0.05) is 6.92 Å². The monoisotopic (exact) mass is 378 g/mol. The quantitative estimate of drug-likeness (QED) is 0.559. The third kappa shape index (κ3) is 5.57. The summed E-state index contributed by atoms with van der Waals surface area (Å²) >= 11 is 0. The van der Waals surface area contributed by atoms with E-state index in [4.69, 9.17) is 14.3 Å². The van der Waals surface area contributed by atoms with Gasteiger partial charge < -0.3 is 14.5 Å². The number of esters is 1. The second kappa shape index (κ2) is 8.45. The Morgan fingerprint density at radius 3 is 2.50 bits per heavy atom. The smallest absolute Gasteiger partial charge is 0.331 e. The van der Waals surface area contributed by atoms with Crippen molar-refractivity contribution >= 4 is 33.7 Å². The molecule has 2 rings (SSSR count). The van der Waals surface area contributed by atoms with Crippen molar-refractivity contribution in [1.82, 2.24) is 0 Å². The first kappa shape index (κ1) is 19.4. The highest BCUT2D eigenvalue weighted by Gasteiger charge is 2.20. The lowest BCUT2D eigenvalue weighted by molar-refractivity contribution is -0.149. The lowest BCUT2D eigenvalue weighted by Gasteiger charge is -2.15. The molecule has 1 heterocycles. The molecule has 3 N–H and O–H groups in total. The van der Waals surface area contributed by atoms with Crippen molar-refractivity contribution in [3.63, 3.8) is 0 Å². The van der Waals surface area contributed by atoms with Crippen molar-refractivity contribution in [1.29, 1.82) is 0 Å². The molecule has 0 radical (unpaired) electrons. The van der Waals surface area contributed by atoms with Gasteiger partial charge in [0.25, 0.3) is 5.91 Å². The van der Waals surface area contributed by atoms with E-state index in [1.54, 1.807) is 19.1 Å². The minimum atomic E-state index is -3.81. The fourth-order valence-electron chi connectivity index (χ4n) is 1.99. The van der Waals surface area contributed by atoms with Gasteiger partial charge in [0, 0.05) is 11.8 Å². The molecule has 0 fully saturated rings. The summed E-state index contributed by atoms with van der Waals surface area (Å²) in [6.45, 7) is 1.69. The molecule has 0 bridgehead atoms. The number of anilines is 1. The average molecular weight is 378 g/mol. The SMILES string of the molecule is CC[C@@H](OC(=O)/C=C/c1ccco1)C(=O)Nc1ccc(S(N)(=O)=O)cc1. The van der Waals surface area contributed by atoms with Crippen molar-refractivity contribution < 1.29 is 27.2 Å². The van der Waals surface area contributed by atoms with Crippen LogP contribution in [0.4, 0.5) is 5.69 Å². The van der Waals surface area contributed by atoms with Gasteiger partial charge in [0.1, 0.15) is 5.76 Å². The molecule has 8 nitrogen and oxygen atoms in total. The summed E-state index contributed by atoms with van der Waals surface area (Å²) in [4.78, 5) is 24.0. The van der Waals surface area contributed by atoms with Gasteiger partial charge in [0.15, 0.2) is 6.10 Å². The third-order valence-corrected chi connectivity index (χ3v) is 4.23. The average Bonchev–Trinajstić information content (AvgIpc) is 3.11. The van der Waals surface area contributed by atoms with Crippen LogP contribution in [0, 0.1) is 0 Å². The molecule has 0 aliphatic heterocycles. The highest BCUT2D eigenvalue weighted by Crippen LogP contribution is 2.14. The molecule has 1 aromatic heterocycles. The molecule has 0 saturated heterocycles. The van der Waals surface area contributed by atoms with E-state index < -0.39 is 28.0 Å². The van der Waals surface area contributed by atoms with E-state index in [0.717, 1.165) is 6.08 Å². The largest absolute Gasteiger partial charge is 0.465 e. The maximum absolute atomic E-state index is 12.2. The maximum atomic E-state index is 12.2. The predicted octanol–water partition coefficient (Wildman–Crippen LogP) is 1.90. The van der Waals surface area contributed by atoms with E-state index >= 15 is 0 Å².